The van der Waals surface area contributed by atoms with Crippen LogP contribution in [0.4, 0.5) is 27.5 Å². The second-order valence-electron chi connectivity index (χ2n) is 14.1. The lowest BCUT2D eigenvalue weighted by Crippen LogP contribution is -2.32. The smallest absolute Gasteiger partial charge is 0.411 e. The van der Waals surface area contributed by atoms with E-state index in [9.17, 15) is 33.6 Å². The van der Waals surface area contributed by atoms with E-state index in [1.807, 2.05) is 24.3 Å². The van der Waals surface area contributed by atoms with E-state index in [-0.39, 0.29) is 36.5 Å². The first-order valence-corrected chi connectivity index (χ1v) is 19.1. The Morgan fingerprint density at radius 1 is 0.475 bits per heavy atom. The number of benzene rings is 6. The van der Waals surface area contributed by atoms with Gasteiger partial charge in [0, 0.05) is 58.2 Å². The van der Waals surface area contributed by atoms with Gasteiger partial charge < -0.3 is 25.5 Å². The molecule has 6 aromatic rings. The van der Waals surface area contributed by atoms with Crippen LogP contribution in [0.1, 0.15) is 71.3 Å². The van der Waals surface area contributed by atoms with Gasteiger partial charge in [0.25, 0.3) is 29.5 Å². The summed E-state index contributed by atoms with van der Waals surface area (Å²) in [5.74, 6) is -3.43. The van der Waals surface area contributed by atoms with Crippen molar-refractivity contribution in [1.29, 1.82) is 0 Å². The monoisotopic (exact) mass is 813 g/mol. The number of carbonyl (C=O) groups is 7. The van der Waals surface area contributed by atoms with Crippen molar-refractivity contribution in [3.8, 4) is 11.1 Å². The van der Waals surface area contributed by atoms with Crippen molar-refractivity contribution >= 4 is 64.3 Å². The minimum Gasteiger partial charge on any atom is -0.448 e. The molecule has 8 rings (SSSR count). The Bertz CT molecular complexity index is 2640. The van der Waals surface area contributed by atoms with Crippen LogP contribution in [-0.4, -0.2) is 53.3 Å². The molecule has 0 bridgehead atoms. The number of rotatable bonds is 11. The predicted molar refractivity (Wildman–Crippen MR) is 225 cm³/mol. The van der Waals surface area contributed by atoms with Crippen molar-refractivity contribution in [3.63, 3.8) is 0 Å². The molecule has 2 aliphatic rings. The van der Waals surface area contributed by atoms with Crippen molar-refractivity contribution in [1.82, 2.24) is 5.06 Å². The van der Waals surface area contributed by atoms with Crippen LogP contribution in [0.2, 0.25) is 0 Å². The van der Waals surface area contributed by atoms with E-state index in [2.05, 4.69) is 45.5 Å². The Balaban J connectivity index is 0.779. The molecule has 0 spiro atoms. The maximum absolute atomic E-state index is 13.0. The van der Waals surface area contributed by atoms with E-state index < -0.39 is 41.6 Å². The molecule has 0 radical (unpaired) electrons. The van der Waals surface area contributed by atoms with E-state index in [1.54, 1.807) is 48.5 Å². The third-order valence-corrected chi connectivity index (χ3v) is 10.1. The number of nitrogens with one attached hydrogen (secondary N) is 4. The van der Waals surface area contributed by atoms with Crippen LogP contribution in [0.5, 0.6) is 0 Å². The summed E-state index contributed by atoms with van der Waals surface area (Å²) in [5, 5.41) is 11.5. The molecule has 6 amide bonds. The van der Waals surface area contributed by atoms with Crippen LogP contribution < -0.4 is 21.3 Å². The summed E-state index contributed by atoms with van der Waals surface area (Å²) in [6.07, 6.45) is -0.637. The van der Waals surface area contributed by atoms with Crippen LogP contribution in [0.25, 0.3) is 11.1 Å². The van der Waals surface area contributed by atoms with Crippen LogP contribution in [0.3, 0.4) is 0 Å². The second-order valence-corrected chi connectivity index (χ2v) is 14.1. The van der Waals surface area contributed by atoms with Crippen molar-refractivity contribution in [3.05, 3.63) is 179 Å². The van der Waals surface area contributed by atoms with Gasteiger partial charge in [-0.25, -0.2) is 9.59 Å². The molecule has 302 valence electrons. The molecule has 0 saturated carbocycles. The van der Waals surface area contributed by atoms with Crippen molar-refractivity contribution in [2.45, 2.75) is 18.8 Å². The predicted octanol–water partition coefficient (Wildman–Crippen LogP) is 8.03. The number of anilines is 4. The molecular formula is C47H35N5O9. The van der Waals surface area contributed by atoms with Gasteiger partial charge in [0.2, 0.25) is 0 Å². The standard InChI is InChI=1S/C47H35N5O9/c53-41-25-26-42(54)52(41)61-46(58)31-15-13-30(14-16-31)45(57)49-33-19-17-32(18-20-33)48-43(55)28-9-11-29(12-10-28)44(56)50-34-21-23-35(24-22-34)51-47(59)60-27-40-38-7-3-1-5-36(38)37-6-2-4-8-39(37)40/h1-24,40H,25-27H2,(H,48,55)(H,49,57)(H,50,56)(H,51,59). The highest BCUT2D eigenvalue weighted by molar-refractivity contribution is 6.08. The van der Waals surface area contributed by atoms with Crippen molar-refractivity contribution < 1.29 is 43.1 Å². The lowest BCUT2D eigenvalue weighted by molar-refractivity contribution is -0.172. The quantitative estimate of drug-likeness (QED) is 0.0939. The number of hydrogen-bond donors (Lipinski definition) is 4. The molecule has 1 saturated heterocycles. The van der Waals surface area contributed by atoms with E-state index >= 15 is 0 Å². The summed E-state index contributed by atoms with van der Waals surface area (Å²) in [6.45, 7) is 0.185. The lowest BCUT2D eigenvalue weighted by atomic mass is 9.98. The summed E-state index contributed by atoms with van der Waals surface area (Å²) in [7, 11) is 0. The minimum absolute atomic E-state index is 0.0234. The van der Waals surface area contributed by atoms with Crippen LogP contribution in [0.15, 0.2) is 146 Å². The fraction of sp³-hybridized carbons (Fsp3) is 0.0851. The van der Waals surface area contributed by atoms with Crippen LogP contribution in [0, 0.1) is 0 Å². The van der Waals surface area contributed by atoms with Crippen molar-refractivity contribution in [2.75, 3.05) is 27.9 Å². The second kappa shape index (κ2) is 17.2. The summed E-state index contributed by atoms with van der Waals surface area (Å²) in [5.41, 5.74) is 7.33. The average Bonchev–Trinajstić information content (AvgIpc) is 3.78. The Kier molecular flexibility index (Phi) is 11.1. The van der Waals surface area contributed by atoms with Gasteiger partial charge in [-0.2, -0.15) is 0 Å². The molecule has 14 heteroatoms. The molecule has 1 aliphatic carbocycles. The number of hydroxylamine groups is 2. The van der Waals surface area contributed by atoms with Crippen molar-refractivity contribution in [2.24, 2.45) is 0 Å². The SMILES string of the molecule is O=C(Nc1ccc(NC(=O)c2ccc(C(=O)Nc3ccc(NC(=O)c4ccc(C(=O)ON5C(=O)CCC5=O)cc4)cc3)cc2)cc1)OCC1c2ccccc2-c2ccccc21. The highest BCUT2D eigenvalue weighted by atomic mass is 16.7. The Morgan fingerprint density at radius 3 is 1.25 bits per heavy atom. The number of nitrogens with zero attached hydrogens (tertiary/aromatic N) is 1. The highest BCUT2D eigenvalue weighted by Crippen LogP contribution is 2.44. The summed E-state index contributed by atoms with van der Waals surface area (Å²) in [4.78, 5) is 92.1. The summed E-state index contributed by atoms with van der Waals surface area (Å²) in [6, 6.07) is 40.8. The molecule has 0 unspecified atom stereocenters. The normalized spacial score (nSPS) is 12.8. The van der Waals surface area contributed by atoms with Gasteiger partial charge in [0.15, 0.2) is 0 Å². The largest absolute Gasteiger partial charge is 0.448 e. The topological polar surface area (TPSA) is 189 Å². The first-order valence-electron chi connectivity index (χ1n) is 19.1. The number of ether oxygens (including phenoxy) is 1. The van der Waals surface area contributed by atoms with E-state index in [0.717, 1.165) is 22.3 Å². The zero-order valence-electron chi connectivity index (χ0n) is 32.2. The fourth-order valence-corrected chi connectivity index (χ4v) is 6.96. The van der Waals surface area contributed by atoms with Gasteiger partial charge in [-0.1, -0.05) is 48.5 Å². The third-order valence-electron chi connectivity index (χ3n) is 10.1. The molecule has 0 atom stereocenters. The van der Waals surface area contributed by atoms with E-state index in [1.165, 1.54) is 48.5 Å². The van der Waals surface area contributed by atoms with Gasteiger partial charge in [-0.15, -0.1) is 5.06 Å². The minimum atomic E-state index is -0.905. The molecule has 61 heavy (non-hydrogen) atoms. The fourth-order valence-electron chi connectivity index (χ4n) is 6.96. The number of fused-ring (bicyclic) bond motifs is 3. The first-order chi connectivity index (χ1) is 29.6. The Labute approximate surface area is 348 Å². The number of carbonyl (C=O) groups excluding carboxylic acids is 7. The van der Waals surface area contributed by atoms with Crippen LogP contribution >= 0.6 is 0 Å². The summed E-state index contributed by atoms with van der Waals surface area (Å²) >= 11 is 0. The number of amides is 6. The van der Waals surface area contributed by atoms with Gasteiger partial charge in [0.05, 0.1) is 5.56 Å². The molecule has 1 aliphatic heterocycles. The molecule has 14 nitrogen and oxygen atoms in total. The zero-order chi connectivity index (χ0) is 42.5. The molecule has 4 N–H and O–H groups in total. The number of hydrogen-bond acceptors (Lipinski definition) is 9. The van der Waals surface area contributed by atoms with Gasteiger partial charge in [0.1, 0.15) is 6.61 Å². The molecule has 0 aromatic heterocycles. The zero-order valence-corrected chi connectivity index (χ0v) is 32.2. The van der Waals surface area contributed by atoms with E-state index in [4.69, 9.17) is 9.57 Å². The highest BCUT2D eigenvalue weighted by Gasteiger charge is 2.33. The first kappa shape index (κ1) is 39.4. The Hall–Kier alpha value is -8.39. The average molecular weight is 814 g/mol. The maximum Gasteiger partial charge on any atom is 0.411 e. The van der Waals surface area contributed by atoms with Gasteiger partial charge in [-0.3, -0.25) is 29.3 Å². The van der Waals surface area contributed by atoms with E-state index in [0.29, 0.717) is 38.9 Å². The Morgan fingerprint density at radius 2 is 0.836 bits per heavy atom. The maximum atomic E-state index is 13.0. The molecule has 1 heterocycles. The molecular weight excluding hydrogens is 779 g/mol. The van der Waals surface area contributed by atoms with Crippen LogP contribution in [-0.2, 0) is 19.2 Å². The molecule has 1 fully saturated rings. The van der Waals surface area contributed by atoms with Gasteiger partial charge >= 0.3 is 12.1 Å². The number of imide groups is 1. The summed E-state index contributed by atoms with van der Waals surface area (Å²) < 4.78 is 5.63. The van der Waals surface area contributed by atoms with Gasteiger partial charge in [-0.05, 0) is 119 Å². The lowest BCUT2D eigenvalue weighted by Gasteiger charge is -2.14. The molecule has 6 aromatic carbocycles. The third kappa shape index (κ3) is 8.88.